The molecule has 0 saturated heterocycles. The van der Waals surface area contributed by atoms with Crippen molar-refractivity contribution in [1.82, 2.24) is 37.3 Å². The Bertz CT molecular complexity index is 3990. The normalized spacial score (nSPS) is 15.4. The summed E-state index contributed by atoms with van der Waals surface area (Å²) in [6.07, 6.45) is 2.12. The molecule has 6 aromatic carbocycles. The Kier molecular flexibility index (Phi) is 6.73. The van der Waals surface area contributed by atoms with Gasteiger partial charge in [-0.05, 0) is 99.6 Å². The number of fused-ring (bicyclic) bond motifs is 13. The zero-order chi connectivity index (χ0) is 43.3. The first-order valence-electron chi connectivity index (χ1n) is 22.3. The van der Waals surface area contributed by atoms with E-state index < -0.39 is 0 Å². The highest BCUT2D eigenvalue weighted by Crippen LogP contribution is 2.51. The zero-order valence-corrected chi connectivity index (χ0v) is 37.6. The summed E-state index contributed by atoms with van der Waals surface area (Å²) in [5.74, 6) is 1.76. The number of benzene rings is 6. The molecule has 63 heavy (non-hydrogen) atoms. The third-order valence-corrected chi connectivity index (χ3v) is 15.2. The van der Waals surface area contributed by atoms with Gasteiger partial charge in [0, 0.05) is 39.2 Å². The number of aromatic nitrogens is 8. The van der Waals surface area contributed by atoms with Crippen molar-refractivity contribution in [3.8, 4) is 11.4 Å². The van der Waals surface area contributed by atoms with Crippen LogP contribution in [0.3, 0.4) is 0 Å². The van der Waals surface area contributed by atoms with Crippen LogP contribution in [-0.4, -0.2) is 37.3 Å². The minimum Gasteiger partial charge on any atom is -0.295 e. The predicted octanol–water partition coefficient (Wildman–Crippen LogP) is 13.3. The molecule has 6 aromatic heterocycles. The number of nitrogens with zero attached hydrogens (tertiary/aromatic N) is 8. The largest absolute Gasteiger partial charge is 0.295 e. The minimum absolute atomic E-state index is 0.00106. The van der Waals surface area contributed by atoms with E-state index in [9.17, 15) is 0 Å². The van der Waals surface area contributed by atoms with E-state index in [0.29, 0.717) is 0 Å². The van der Waals surface area contributed by atoms with E-state index in [0.717, 1.165) is 78.1 Å². The summed E-state index contributed by atoms with van der Waals surface area (Å²) in [4.78, 5) is 16.0. The first kappa shape index (κ1) is 36.7. The number of para-hydroxylation sites is 3. The van der Waals surface area contributed by atoms with Crippen molar-refractivity contribution >= 4 is 83.0 Å². The molecule has 8 heteroatoms. The van der Waals surface area contributed by atoms with E-state index in [1.54, 1.807) is 0 Å². The second-order valence-electron chi connectivity index (χ2n) is 21.2. The first-order chi connectivity index (χ1) is 30.0. The summed E-state index contributed by atoms with van der Waals surface area (Å²) in [5, 5.41) is 3.58. The molecule has 0 unspecified atom stereocenters. The maximum absolute atomic E-state index is 5.39. The van der Waals surface area contributed by atoms with E-state index in [1.807, 2.05) is 0 Å². The van der Waals surface area contributed by atoms with Crippen LogP contribution in [0.2, 0.25) is 0 Å². The van der Waals surface area contributed by atoms with Crippen LogP contribution >= 0.6 is 0 Å². The second-order valence-corrected chi connectivity index (χ2v) is 21.2. The van der Waals surface area contributed by atoms with Crippen LogP contribution < -0.4 is 0 Å². The maximum atomic E-state index is 5.39. The number of imidazole rings is 5. The van der Waals surface area contributed by atoms with Gasteiger partial charge in [-0.25, -0.2) is 15.0 Å². The number of pyridine rings is 1. The molecule has 0 atom stereocenters. The topological polar surface area (TPSA) is 61.8 Å². The molecular weight excluding hydrogens is 773 g/mol. The van der Waals surface area contributed by atoms with Crippen LogP contribution in [-0.2, 0) is 21.7 Å². The molecule has 0 bridgehead atoms. The van der Waals surface area contributed by atoms with Crippen LogP contribution in [0.25, 0.3) is 94.4 Å². The monoisotopic (exact) mass is 822 g/mol. The van der Waals surface area contributed by atoms with Gasteiger partial charge in [0.25, 0.3) is 0 Å². The Labute approximate surface area is 365 Å². The van der Waals surface area contributed by atoms with Crippen molar-refractivity contribution in [1.29, 1.82) is 0 Å². The van der Waals surface area contributed by atoms with Gasteiger partial charge < -0.3 is 0 Å². The summed E-state index contributed by atoms with van der Waals surface area (Å²) < 4.78 is 11.8. The van der Waals surface area contributed by atoms with Gasteiger partial charge in [-0.15, -0.1) is 0 Å². The van der Waals surface area contributed by atoms with Crippen molar-refractivity contribution < 1.29 is 0 Å². The van der Waals surface area contributed by atoms with Gasteiger partial charge in [-0.2, -0.15) is 0 Å². The lowest BCUT2D eigenvalue weighted by Gasteiger charge is -2.45. The fourth-order valence-corrected chi connectivity index (χ4v) is 10.9. The molecule has 1 aliphatic rings. The summed E-state index contributed by atoms with van der Waals surface area (Å²) in [5.41, 5.74) is 17.8. The maximum Gasteiger partial charge on any atom is 0.220 e. The van der Waals surface area contributed by atoms with Crippen LogP contribution in [0.1, 0.15) is 91.6 Å². The molecule has 0 spiro atoms. The van der Waals surface area contributed by atoms with Gasteiger partial charge in [-0.3, -0.25) is 22.3 Å². The van der Waals surface area contributed by atoms with Crippen LogP contribution in [0.4, 0.5) is 0 Å². The standard InChI is InChI=1S/C55H50N8/c1-52(2,3)31-18-23-40-44(26-31)62-45-27-32(53(4,5)6)19-24-42(45)59(50(62)58-40)34-21-25-43-46(29-34)60(51-57-39-16-11-12-17-41(39)61(43)51)33-20-22-35-36-14-13-15-38-48(36)63-47(55(9,10)54(38,7)8)30-56-49(63)37(35)28-33/h11-30H,1-10H3. The lowest BCUT2D eigenvalue weighted by Crippen LogP contribution is -2.44. The minimum atomic E-state index is -0.133. The molecule has 0 aliphatic carbocycles. The first-order valence-corrected chi connectivity index (χ1v) is 22.3. The van der Waals surface area contributed by atoms with Gasteiger partial charge in [0.1, 0.15) is 5.65 Å². The molecule has 13 rings (SSSR count). The predicted molar refractivity (Wildman–Crippen MR) is 260 cm³/mol. The molecule has 8 nitrogen and oxygen atoms in total. The fraction of sp³-hybridized carbons (Fsp3) is 0.255. The van der Waals surface area contributed by atoms with Crippen molar-refractivity contribution in [3.05, 3.63) is 144 Å². The molecule has 1 aliphatic heterocycles. The molecule has 310 valence electrons. The smallest absolute Gasteiger partial charge is 0.220 e. The second kappa shape index (κ2) is 11.5. The van der Waals surface area contributed by atoms with Gasteiger partial charge >= 0.3 is 0 Å². The SMILES string of the molecule is CC(C)(C)c1ccc2nc3n(-c4ccc5c(c4)n(-c4ccc6c(c4)c4ncc7n4c4c(cccc64)C(C)(C)C7(C)C)c4nc6ccccc6n54)c4ccc(C(C)(C)C)cc4n3c2c1. The van der Waals surface area contributed by atoms with E-state index in [-0.39, 0.29) is 21.7 Å². The molecular formula is C55H50N8. The van der Waals surface area contributed by atoms with Gasteiger partial charge in [-0.1, -0.05) is 118 Å². The van der Waals surface area contributed by atoms with Crippen molar-refractivity contribution in [2.45, 2.75) is 90.9 Å². The summed E-state index contributed by atoms with van der Waals surface area (Å²) in [7, 11) is 0. The van der Waals surface area contributed by atoms with E-state index >= 15 is 0 Å². The van der Waals surface area contributed by atoms with E-state index in [1.165, 1.54) is 38.7 Å². The van der Waals surface area contributed by atoms with E-state index in [4.69, 9.17) is 15.0 Å². The molecule has 12 aromatic rings. The fourth-order valence-electron chi connectivity index (χ4n) is 10.9. The molecule has 0 radical (unpaired) electrons. The van der Waals surface area contributed by atoms with Crippen molar-refractivity contribution in [2.24, 2.45) is 0 Å². The van der Waals surface area contributed by atoms with E-state index in [2.05, 4.69) is 213 Å². The molecule has 0 fully saturated rings. The Morgan fingerprint density at radius 2 is 1.10 bits per heavy atom. The highest BCUT2D eigenvalue weighted by molar-refractivity contribution is 6.14. The lowest BCUT2D eigenvalue weighted by atomic mass is 9.61. The summed E-state index contributed by atoms with van der Waals surface area (Å²) in [6.45, 7) is 23.2. The highest BCUT2D eigenvalue weighted by atomic mass is 15.2. The third kappa shape index (κ3) is 4.58. The number of hydrogen-bond donors (Lipinski definition) is 0. The van der Waals surface area contributed by atoms with Gasteiger partial charge in [0.15, 0.2) is 0 Å². The third-order valence-electron chi connectivity index (χ3n) is 15.2. The molecule has 7 heterocycles. The van der Waals surface area contributed by atoms with Crippen LogP contribution in [0, 0.1) is 0 Å². The number of rotatable bonds is 2. The Morgan fingerprint density at radius 3 is 1.86 bits per heavy atom. The average molecular weight is 823 g/mol. The summed E-state index contributed by atoms with van der Waals surface area (Å²) in [6, 6.07) is 42.7. The Hall–Kier alpha value is -6.93. The lowest BCUT2D eigenvalue weighted by molar-refractivity contribution is 0.288. The van der Waals surface area contributed by atoms with Crippen molar-refractivity contribution in [3.63, 3.8) is 0 Å². The molecule has 0 saturated carbocycles. The Balaban J connectivity index is 1.12. The Morgan fingerprint density at radius 1 is 0.460 bits per heavy atom. The van der Waals surface area contributed by atoms with Crippen LogP contribution in [0.5, 0.6) is 0 Å². The number of hydrogen-bond acceptors (Lipinski definition) is 3. The molecule has 0 amide bonds. The van der Waals surface area contributed by atoms with Crippen molar-refractivity contribution in [2.75, 3.05) is 0 Å². The zero-order valence-electron chi connectivity index (χ0n) is 37.6. The average Bonchev–Trinajstić information content (AvgIpc) is 4.06. The highest BCUT2D eigenvalue weighted by Gasteiger charge is 2.46. The summed E-state index contributed by atoms with van der Waals surface area (Å²) >= 11 is 0. The van der Waals surface area contributed by atoms with Crippen LogP contribution in [0.15, 0.2) is 121 Å². The van der Waals surface area contributed by atoms with Gasteiger partial charge in [0.2, 0.25) is 11.6 Å². The molecule has 0 N–H and O–H groups in total. The van der Waals surface area contributed by atoms with Gasteiger partial charge in [0.05, 0.1) is 55.3 Å². The quantitative estimate of drug-likeness (QED) is 0.163.